The van der Waals surface area contributed by atoms with Gasteiger partial charge in [-0.25, -0.2) is 0 Å². The molecule has 0 amide bonds. The van der Waals surface area contributed by atoms with Gasteiger partial charge in [0.2, 0.25) is 0 Å². The number of carboxylic acid groups (broad SMARTS) is 1. The Bertz CT molecular complexity index is 454. The van der Waals surface area contributed by atoms with Crippen molar-refractivity contribution in [2.75, 3.05) is 0 Å². The molecule has 2 fully saturated rings. The third-order valence-corrected chi connectivity index (χ3v) is 4.47. The highest BCUT2D eigenvalue weighted by atomic mass is 16.4. The maximum absolute atomic E-state index is 11.6. The molecule has 0 aliphatic carbocycles. The molecular formula is C15H19NO2. The minimum Gasteiger partial charge on any atom is -0.481 e. The summed E-state index contributed by atoms with van der Waals surface area (Å²) >= 11 is 0. The van der Waals surface area contributed by atoms with E-state index in [1.54, 1.807) is 0 Å². The highest BCUT2D eigenvalue weighted by molar-refractivity contribution is 5.73. The first-order chi connectivity index (χ1) is 8.65. The van der Waals surface area contributed by atoms with E-state index in [0.717, 1.165) is 19.3 Å². The number of benzene rings is 1. The molecule has 2 aliphatic rings. The average Bonchev–Trinajstić information content (AvgIpc) is 2.71. The number of rotatable bonds is 2. The largest absolute Gasteiger partial charge is 0.481 e. The average molecular weight is 245 g/mol. The Morgan fingerprint density at radius 1 is 1.28 bits per heavy atom. The van der Waals surface area contributed by atoms with E-state index in [0.29, 0.717) is 6.04 Å². The van der Waals surface area contributed by atoms with Crippen molar-refractivity contribution >= 4 is 5.97 Å². The Morgan fingerprint density at radius 2 is 2.00 bits per heavy atom. The molecule has 3 rings (SSSR count). The maximum Gasteiger partial charge on any atom is 0.308 e. The monoisotopic (exact) mass is 245 g/mol. The van der Waals surface area contributed by atoms with Gasteiger partial charge in [0.15, 0.2) is 0 Å². The molecule has 3 nitrogen and oxygen atoms in total. The first-order valence-electron chi connectivity index (χ1n) is 6.70. The van der Waals surface area contributed by atoms with Gasteiger partial charge in [-0.2, -0.15) is 0 Å². The minimum atomic E-state index is -0.654. The predicted octanol–water partition coefficient (Wildman–Crippen LogP) is 2.30. The lowest BCUT2D eigenvalue weighted by Crippen LogP contribution is -2.47. The SMILES string of the molecule is Cc1ccc(C2CC3CCC(N3)C2C(=O)O)cc1. The molecule has 4 atom stereocenters. The van der Waals surface area contributed by atoms with Gasteiger partial charge >= 0.3 is 5.97 Å². The summed E-state index contributed by atoms with van der Waals surface area (Å²) in [7, 11) is 0. The van der Waals surface area contributed by atoms with E-state index < -0.39 is 5.97 Å². The number of nitrogens with one attached hydrogen (secondary N) is 1. The summed E-state index contributed by atoms with van der Waals surface area (Å²) in [6.45, 7) is 2.06. The van der Waals surface area contributed by atoms with Crippen molar-refractivity contribution in [2.24, 2.45) is 5.92 Å². The van der Waals surface area contributed by atoms with Crippen LogP contribution < -0.4 is 5.32 Å². The lowest BCUT2D eigenvalue weighted by molar-refractivity contribution is -0.144. The van der Waals surface area contributed by atoms with Crippen LogP contribution in [0.5, 0.6) is 0 Å². The minimum absolute atomic E-state index is 0.160. The molecule has 2 bridgehead atoms. The fourth-order valence-electron chi connectivity index (χ4n) is 3.55. The van der Waals surface area contributed by atoms with Crippen molar-refractivity contribution in [1.29, 1.82) is 0 Å². The first-order valence-corrected chi connectivity index (χ1v) is 6.70. The lowest BCUT2D eigenvalue weighted by Gasteiger charge is -2.35. The van der Waals surface area contributed by atoms with Gasteiger partial charge < -0.3 is 10.4 Å². The topological polar surface area (TPSA) is 49.3 Å². The molecule has 1 aromatic carbocycles. The summed E-state index contributed by atoms with van der Waals surface area (Å²) < 4.78 is 0. The van der Waals surface area contributed by atoms with E-state index in [2.05, 4.69) is 36.5 Å². The normalized spacial score (nSPS) is 34.5. The van der Waals surface area contributed by atoms with Gasteiger partial charge in [-0.1, -0.05) is 29.8 Å². The molecule has 0 aromatic heterocycles. The summed E-state index contributed by atoms with van der Waals surface area (Å²) in [5.74, 6) is -0.758. The van der Waals surface area contributed by atoms with Crippen molar-refractivity contribution in [3.63, 3.8) is 0 Å². The van der Waals surface area contributed by atoms with E-state index >= 15 is 0 Å². The zero-order valence-electron chi connectivity index (χ0n) is 10.6. The number of carbonyl (C=O) groups is 1. The van der Waals surface area contributed by atoms with E-state index in [1.165, 1.54) is 11.1 Å². The molecule has 1 aromatic rings. The summed E-state index contributed by atoms with van der Waals surface area (Å²) in [5, 5.41) is 13.0. The molecule has 2 N–H and O–H groups in total. The molecule has 18 heavy (non-hydrogen) atoms. The number of piperidine rings is 1. The summed E-state index contributed by atoms with van der Waals surface area (Å²) in [6, 6.07) is 9.03. The van der Waals surface area contributed by atoms with Crippen LogP contribution in [0.25, 0.3) is 0 Å². The van der Waals surface area contributed by atoms with Gasteiger partial charge in [0.25, 0.3) is 0 Å². The number of hydrogen-bond acceptors (Lipinski definition) is 2. The molecule has 0 spiro atoms. The second-order valence-electron chi connectivity index (χ2n) is 5.66. The van der Waals surface area contributed by atoms with Crippen LogP contribution in [0.2, 0.25) is 0 Å². The zero-order valence-corrected chi connectivity index (χ0v) is 10.6. The van der Waals surface area contributed by atoms with Gasteiger partial charge in [-0.05, 0) is 31.7 Å². The number of hydrogen-bond donors (Lipinski definition) is 2. The van der Waals surface area contributed by atoms with Crippen molar-refractivity contribution < 1.29 is 9.90 Å². The molecular weight excluding hydrogens is 226 g/mol. The Hall–Kier alpha value is -1.35. The van der Waals surface area contributed by atoms with Gasteiger partial charge in [-0.3, -0.25) is 4.79 Å². The molecule has 2 aliphatic heterocycles. The summed E-state index contributed by atoms with van der Waals surface area (Å²) in [5.41, 5.74) is 2.41. The Kier molecular flexibility index (Phi) is 2.86. The molecule has 2 saturated heterocycles. The van der Waals surface area contributed by atoms with Crippen LogP contribution in [0.15, 0.2) is 24.3 Å². The van der Waals surface area contributed by atoms with Crippen LogP contribution in [-0.4, -0.2) is 23.2 Å². The van der Waals surface area contributed by atoms with E-state index in [4.69, 9.17) is 0 Å². The van der Waals surface area contributed by atoms with Crippen LogP contribution >= 0.6 is 0 Å². The van der Waals surface area contributed by atoms with E-state index in [9.17, 15) is 9.90 Å². The van der Waals surface area contributed by atoms with Crippen LogP contribution in [0, 0.1) is 12.8 Å². The Balaban J connectivity index is 1.93. The number of fused-ring (bicyclic) bond motifs is 2. The zero-order chi connectivity index (χ0) is 12.7. The number of carboxylic acids is 1. The molecule has 0 radical (unpaired) electrons. The third kappa shape index (κ3) is 1.93. The van der Waals surface area contributed by atoms with Crippen molar-refractivity contribution in [3.8, 4) is 0 Å². The van der Waals surface area contributed by atoms with Crippen LogP contribution in [0.1, 0.15) is 36.3 Å². The number of aliphatic carboxylic acids is 1. The van der Waals surface area contributed by atoms with Crippen molar-refractivity contribution in [1.82, 2.24) is 5.32 Å². The second-order valence-corrected chi connectivity index (χ2v) is 5.66. The van der Waals surface area contributed by atoms with Gasteiger partial charge in [0.1, 0.15) is 0 Å². The summed E-state index contributed by atoms with van der Waals surface area (Å²) in [4.78, 5) is 11.6. The fourth-order valence-corrected chi connectivity index (χ4v) is 3.55. The van der Waals surface area contributed by atoms with E-state index in [1.807, 2.05) is 0 Å². The van der Waals surface area contributed by atoms with Crippen LogP contribution in [-0.2, 0) is 4.79 Å². The lowest BCUT2D eigenvalue weighted by atomic mass is 9.77. The smallest absolute Gasteiger partial charge is 0.308 e. The third-order valence-electron chi connectivity index (χ3n) is 4.47. The van der Waals surface area contributed by atoms with Crippen molar-refractivity contribution in [2.45, 2.75) is 44.2 Å². The van der Waals surface area contributed by atoms with Crippen LogP contribution in [0.4, 0.5) is 0 Å². The predicted molar refractivity (Wildman–Crippen MR) is 69.6 cm³/mol. The fraction of sp³-hybridized carbons (Fsp3) is 0.533. The standard InChI is InChI=1S/C15H19NO2/c1-9-2-4-10(5-3-9)12-8-11-6-7-13(16-11)14(12)15(17)18/h2-5,11-14,16H,6-8H2,1H3,(H,17,18). The molecule has 2 heterocycles. The molecule has 4 unspecified atom stereocenters. The Morgan fingerprint density at radius 3 is 2.67 bits per heavy atom. The van der Waals surface area contributed by atoms with Crippen molar-refractivity contribution in [3.05, 3.63) is 35.4 Å². The number of aryl methyl sites for hydroxylation is 1. The quantitative estimate of drug-likeness (QED) is 0.840. The second kappa shape index (κ2) is 4.39. The van der Waals surface area contributed by atoms with Crippen LogP contribution in [0.3, 0.4) is 0 Å². The highest BCUT2D eigenvalue weighted by Crippen LogP contribution is 2.41. The molecule has 96 valence electrons. The van der Waals surface area contributed by atoms with Gasteiger partial charge in [0.05, 0.1) is 5.92 Å². The van der Waals surface area contributed by atoms with Gasteiger partial charge in [-0.15, -0.1) is 0 Å². The van der Waals surface area contributed by atoms with E-state index in [-0.39, 0.29) is 17.9 Å². The maximum atomic E-state index is 11.6. The Labute approximate surface area is 107 Å². The summed E-state index contributed by atoms with van der Waals surface area (Å²) in [6.07, 6.45) is 3.08. The molecule has 3 heteroatoms. The highest BCUT2D eigenvalue weighted by Gasteiger charge is 2.45. The van der Waals surface area contributed by atoms with Gasteiger partial charge in [0, 0.05) is 18.0 Å². The molecule has 0 saturated carbocycles. The first kappa shape index (κ1) is 11.7.